The number of hydrogen-bond acceptors (Lipinski definition) is 7. The number of anilines is 2. The minimum absolute atomic E-state index is 0.0925. The number of hydrogen-bond donors (Lipinski definition) is 4. The molecule has 1 fully saturated rings. The summed E-state index contributed by atoms with van der Waals surface area (Å²) < 4.78 is 10.8. The van der Waals surface area contributed by atoms with Gasteiger partial charge in [0.25, 0.3) is 5.91 Å². The number of nitrogens with two attached hydrogens (primary N) is 1. The third-order valence-corrected chi connectivity index (χ3v) is 6.64. The zero-order valence-electron chi connectivity index (χ0n) is 20.9. The number of phenols is 1. The molecular weight excluding hydrogens is 464 g/mol. The van der Waals surface area contributed by atoms with E-state index in [1.807, 2.05) is 6.92 Å². The van der Waals surface area contributed by atoms with Crippen molar-refractivity contribution in [2.24, 2.45) is 11.1 Å². The maximum absolute atomic E-state index is 13.4. The highest BCUT2D eigenvalue weighted by Gasteiger charge is 2.47. The summed E-state index contributed by atoms with van der Waals surface area (Å²) in [6, 6.07) is 8.38. The lowest BCUT2D eigenvalue weighted by Gasteiger charge is -2.35. The van der Waals surface area contributed by atoms with Gasteiger partial charge in [-0.25, -0.2) is 4.79 Å². The molecule has 1 aliphatic heterocycles. The molecule has 5 N–H and O–H groups in total. The minimum atomic E-state index is -0.726. The maximum Gasteiger partial charge on any atom is 0.419 e. The Balaban J connectivity index is 1.63. The van der Waals surface area contributed by atoms with Crippen LogP contribution in [0.3, 0.4) is 0 Å². The van der Waals surface area contributed by atoms with Crippen molar-refractivity contribution in [3.8, 4) is 17.2 Å². The van der Waals surface area contributed by atoms with Crippen molar-refractivity contribution in [3.05, 3.63) is 42.0 Å². The molecule has 1 saturated carbocycles. The predicted octanol–water partition coefficient (Wildman–Crippen LogP) is 3.38. The van der Waals surface area contributed by atoms with Crippen LogP contribution in [0, 0.1) is 5.41 Å². The van der Waals surface area contributed by atoms with Gasteiger partial charge in [0.05, 0.1) is 36.5 Å². The number of methoxy groups -OCH3 is 1. The van der Waals surface area contributed by atoms with Gasteiger partial charge in [-0.3, -0.25) is 14.5 Å². The van der Waals surface area contributed by atoms with Crippen molar-refractivity contribution >= 4 is 29.3 Å². The summed E-state index contributed by atoms with van der Waals surface area (Å²) >= 11 is 0. The first-order valence-corrected chi connectivity index (χ1v) is 11.8. The number of ether oxygens (including phenoxy) is 2. The molecule has 10 heteroatoms. The fourth-order valence-electron chi connectivity index (χ4n) is 4.55. The van der Waals surface area contributed by atoms with Gasteiger partial charge in [-0.15, -0.1) is 0 Å². The highest BCUT2D eigenvalue weighted by Crippen LogP contribution is 2.51. The van der Waals surface area contributed by atoms with Crippen LogP contribution in [0.4, 0.5) is 16.2 Å². The molecule has 2 atom stereocenters. The first-order valence-electron chi connectivity index (χ1n) is 11.8. The molecule has 1 unspecified atom stereocenters. The van der Waals surface area contributed by atoms with Crippen molar-refractivity contribution in [3.63, 3.8) is 0 Å². The number of carbonyl (C=O) groups excluding carboxylic acids is 3. The van der Waals surface area contributed by atoms with Gasteiger partial charge >= 0.3 is 6.09 Å². The van der Waals surface area contributed by atoms with Crippen LogP contribution in [-0.2, 0) is 4.79 Å². The summed E-state index contributed by atoms with van der Waals surface area (Å²) in [6.07, 6.45) is 2.07. The molecule has 10 nitrogen and oxygen atoms in total. The normalized spacial score (nSPS) is 20.9. The molecule has 1 aliphatic carbocycles. The Bertz CT molecular complexity index is 1190. The fourth-order valence-corrected chi connectivity index (χ4v) is 4.55. The number of nitrogens with zero attached hydrogens (tertiary/aromatic N) is 1. The van der Waals surface area contributed by atoms with Crippen molar-refractivity contribution in [2.45, 2.75) is 51.6 Å². The highest BCUT2D eigenvalue weighted by atomic mass is 16.6. The summed E-state index contributed by atoms with van der Waals surface area (Å²) in [4.78, 5) is 39.8. The standard InChI is InChI=1S/C26H32N4O6/c1-15(27)22(32)28-16-5-7-17(8-6-16)36-24(34)30-14-26(3,13-25(2)9-10-25)29-23(33)18-11-21(35-4)20(31)12-19(18)30/h5-8,11-12,15,31H,9-10,13-14,27H2,1-4H3,(H,28,32)(H,29,33)/t15-,26?/m0/s1. The van der Waals surface area contributed by atoms with Crippen LogP contribution in [0.1, 0.15) is 50.4 Å². The molecule has 2 aliphatic rings. The predicted molar refractivity (Wildman–Crippen MR) is 135 cm³/mol. The number of aromatic hydroxyl groups is 1. The lowest BCUT2D eigenvalue weighted by Crippen LogP contribution is -2.54. The Morgan fingerprint density at radius 2 is 1.89 bits per heavy atom. The second-order valence-corrected chi connectivity index (χ2v) is 10.3. The molecule has 0 aromatic heterocycles. The minimum Gasteiger partial charge on any atom is -0.504 e. The molecule has 4 rings (SSSR count). The third kappa shape index (κ3) is 5.38. The van der Waals surface area contributed by atoms with E-state index in [1.54, 1.807) is 31.2 Å². The average Bonchev–Trinajstić information content (AvgIpc) is 3.55. The Morgan fingerprint density at radius 3 is 2.47 bits per heavy atom. The monoisotopic (exact) mass is 496 g/mol. The van der Waals surface area contributed by atoms with Gasteiger partial charge in [-0.2, -0.15) is 0 Å². The van der Waals surface area contributed by atoms with Crippen molar-refractivity contribution in [1.82, 2.24) is 5.32 Å². The summed E-state index contributed by atoms with van der Waals surface area (Å²) in [7, 11) is 1.39. The topological polar surface area (TPSA) is 143 Å². The Hall–Kier alpha value is -3.79. The van der Waals surface area contributed by atoms with Crippen molar-refractivity contribution in [1.29, 1.82) is 0 Å². The summed E-state index contributed by atoms with van der Waals surface area (Å²) in [6.45, 7) is 5.79. The molecule has 0 saturated heterocycles. The summed E-state index contributed by atoms with van der Waals surface area (Å²) in [5.41, 5.74) is 5.87. The van der Waals surface area contributed by atoms with Crippen molar-refractivity contribution in [2.75, 3.05) is 23.9 Å². The highest BCUT2D eigenvalue weighted by molar-refractivity contribution is 6.06. The fraction of sp³-hybridized carbons (Fsp3) is 0.423. The van der Waals surface area contributed by atoms with E-state index >= 15 is 0 Å². The number of amides is 3. The number of carbonyl (C=O) groups is 3. The number of nitrogens with one attached hydrogen (secondary N) is 2. The molecule has 0 bridgehead atoms. The number of phenolic OH excluding ortho intramolecular Hbond substituents is 1. The van der Waals surface area contributed by atoms with Crippen LogP contribution >= 0.6 is 0 Å². The van der Waals surface area contributed by atoms with Crippen LogP contribution in [0.25, 0.3) is 0 Å². The Morgan fingerprint density at radius 1 is 1.22 bits per heavy atom. The maximum atomic E-state index is 13.4. The molecule has 192 valence electrons. The molecule has 0 radical (unpaired) electrons. The SMILES string of the molecule is COc1cc2c(cc1O)N(C(=O)Oc1ccc(NC(=O)[C@H](C)N)cc1)CC(C)(CC1(C)CC1)NC2=O. The van der Waals surface area contributed by atoms with Gasteiger partial charge in [0.1, 0.15) is 5.75 Å². The van der Waals surface area contributed by atoms with Gasteiger partial charge in [0.2, 0.25) is 5.91 Å². The molecule has 3 amide bonds. The third-order valence-electron chi connectivity index (χ3n) is 6.64. The average molecular weight is 497 g/mol. The Kier molecular flexibility index (Phi) is 6.57. The summed E-state index contributed by atoms with van der Waals surface area (Å²) in [5, 5.41) is 16.2. The number of benzene rings is 2. The van der Waals surface area contributed by atoms with E-state index in [9.17, 15) is 19.5 Å². The second-order valence-electron chi connectivity index (χ2n) is 10.3. The van der Waals surface area contributed by atoms with Crippen LogP contribution in [0.5, 0.6) is 17.2 Å². The van der Waals surface area contributed by atoms with Crippen LogP contribution in [0.15, 0.2) is 36.4 Å². The second kappa shape index (κ2) is 9.34. The first-order chi connectivity index (χ1) is 16.9. The van der Waals surface area contributed by atoms with E-state index in [0.717, 1.165) is 12.8 Å². The molecule has 36 heavy (non-hydrogen) atoms. The van der Waals surface area contributed by atoms with Gasteiger partial charge < -0.3 is 30.9 Å². The smallest absolute Gasteiger partial charge is 0.419 e. The zero-order valence-corrected chi connectivity index (χ0v) is 20.9. The van der Waals surface area contributed by atoms with Crippen LogP contribution in [-0.4, -0.2) is 48.2 Å². The first kappa shape index (κ1) is 25.3. The largest absolute Gasteiger partial charge is 0.504 e. The quantitative estimate of drug-likeness (QED) is 0.480. The van der Waals surface area contributed by atoms with Gasteiger partial charge in [-0.05, 0) is 68.9 Å². The molecule has 2 aromatic carbocycles. The van der Waals surface area contributed by atoms with Crippen LogP contribution in [0.2, 0.25) is 0 Å². The van der Waals surface area contributed by atoms with E-state index < -0.39 is 17.7 Å². The van der Waals surface area contributed by atoms with Crippen molar-refractivity contribution < 1.29 is 29.0 Å². The van der Waals surface area contributed by atoms with Gasteiger partial charge in [0.15, 0.2) is 11.5 Å². The molecule has 2 aromatic rings. The number of rotatable bonds is 6. The molecular formula is C26H32N4O6. The number of fused-ring (bicyclic) bond motifs is 1. The van der Waals surface area contributed by atoms with E-state index in [-0.39, 0.29) is 52.3 Å². The van der Waals surface area contributed by atoms with E-state index in [0.29, 0.717) is 12.1 Å². The van der Waals surface area contributed by atoms with Gasteiger partial charge in [-0.1, -0.05) is 6.92 Å². The van der Waals surface area contributed by atoms with Crippen LogP contribution < -0.4 is 30.7 Å². The molecule has 0 spiro atoms. The summed E-state index contributed by atoms with van der Waals surface area (Å²) in [5.74, 6) is -0.526. The van der Waals surface area contributed by atoms with E-state index in [4.69, 9.17) is 15.2 Å². The lowest BCUT2D eigenvalue weighted by atomic mass is 9.87. The molecule has 1 heterocycles. The zero-order chi connectivity index (χ0) is 26.3. The van der Waals surface area contributed by atoms with E-state index in [1.165, 1.54) is 24.1 Å². The lowest BCUT2D eigenvalue weighted by molar-refractivity contribution is -0.117. The Labute approximate surface area is 209 Å². The van der Waals surface area contributed by atoms with Gasteiger partial charge in [0, 0.05) is 11.8 Å². The van der Waals surface area contributed by atoms with E-state index in [2.05, 4.69) is 17.6 Å².